The third-order valence-electron chi connectivity index (χ3n) is 4.00. The van der Waals surface area contributed by atoms with Crippen LogP contribution in [0.25, 0.3) is 22.3 Å². The molecule has 3 aromatic rings. The van der Waals surface area contributed by atoms with Gasteiger partial charge in [0, 0.05) is 10.6 Å². The summed E-state index contributed by atoms with van der Waals surface area (Å²) in [5, 5.41) is 0.718. The Hall–Kier alpha value is -2.25. The van der Waals surface area contributed by atoms with Crippen LogP contribution in [0.3, 0.4) is 0 Å². The van der Waals surface area contributed by atoms with Crippen molar-refractivity contribution in [2.45, 2.75) is 19.8 Å². The zero-order valence-corrected chi connectivity index (χ0v) is 14.6. The third kappa shape index (κ3) is 3.80. The molecule has 0 fully saturated rings. The maximum Gasteiger partial charge on any atom is 0.127 e. The minimum Gasteiger partial charge on any atom is -0.493 e. The summed E-state index contributed by atoms with van der Waals surface area (Å²) in [6.45, 7) is 2.88. The Morgan fingerprint density at radius 1 is 0.792 bits per heavy atom. The largest absolute Gasteiger partial charge is 0.493 e. The van der Waals surface area contributed by atoms with Crippen molar-refractivity contribution in [3.8, 4) is 28.0 Å². The van der Waals surface area contributed by atoms with Gasteiger partial charge in [0.15, 0.2) is 0 Å². The van der Waals surface area contributed by atoms with Crippen LogP contribution in [0.15, 0.2) is 72.8 Å². The molecule has 0 bridgehead atoms. The molecule has 3 aromatic carbocycles. The maximum absolute atomic E-state index is 6.27. The van der Waals surface area contributed by atoms with Crippen molar-refractivity contribution in [1.82, 2.24) is 0 Å². The first-order valence-corrected chi connectivity index (χ1v) is 8.74. The van der Waals surface area contributed by atoms with Crippen LogP contribution < -0.4 is 4.74 Å². The van der Waals surface area contributed by atoms with Crippen LogP contribution in [-0.4, -0.2) is 6.61 Å². The fourth-order valence-corrected chi connectivity index (χ4v) is 2.92. The van der Waals surface area contributed by atoms with Gasteiger partial charge in [-0.05, 0) is 41.3 Å². The highest BCUT2D eigenvalue weighted by Gasteiger charge is 2.12. The van der Waals surface area contributed by atoms with Crippen LogP contribution in [0.1, 0.15) is 19.8 Å². The molecule has 0 saturated carbocycles. The minimum absolute atomic E-state index is 0.718. The van der Waals surface area contributed by atoms with Gasteiger partial charge in [-0.1, -0.05) is 79.5 Å². The van der Waals surface area contributed by atoms with Crippen LogP contribution in [0.2, 0.25) is 5.02 Å². The Labute approximate surface area is 148 Å². The van der Waals surface area contributed by atoms with Crippen LogP contribution in [0.4, 0.5) is 0 Å². The van der Waals surface area contributed by atoms with E-state index in [-0.39, 0.29) is 0 Å². The number of benzene rings is 3. The molecule has 0 aliphatic rings. The van der Waals surface area contributed by atoms with E-state index >= 15 is 0 Å². The number of rotatable bonds is 6. The molecular formula is C22H21ClO. The van der Waals surface area contributed by atoms with Gasteiger partial charge in [0.1, 0.15) is 5.75 Å². The number of hydrogen-bond acceptors (Lipinski definition) is 1. The molecule has 0 N–H and O–H groups in total. The Balaban J connectivity index is 2.08. The molecule has 0 aromatic heterocycles. The summed E-state index contributed by atoms with van der Waals surface area (Å²) in [7, 11) is 0. The first-order chi connectivity index (χ1) is 11.8. The molecule has 24 heavy (non-hydrogen) atoms. The standard InChI is InChI=1S/C22H21ClO/c1-2-3-15-24-22-14-13-18(23)16-21(22)20-12-8-7-11-19(20)17-9-5-4-6-10-17/h4-14,16H,2-3,15H2,1H3. The minimum atomic E-state index is 0.718. The van der Waals surface area contributed by atoms with Gasteiger partial charge < -0.3 is 4.74 Å². The lowest BCUT2D eigenvalue weighted by Crippen LogP contribution is -1.98. The van der Waals surface area contributed by atoms with E-state index in [1.165, 1.54) is 11.1 Å². The molecule has 0 heterocycles. The molecule has 0 aliphatic carbocycles. The molecule has 0 atom stereocenters. The Morgan fingerprint density at radius 3 is 2.25 bits per heavy atom. The van der Waals surface area contributed by atoms with Gasteiger partial charge in [0.25, 0.3) is 0 Å². The second-order valence-corrected chi connectivity index (χ2v) is 6.19. The second-order valence-electron chi connectivity index (χ2n) is 5.75. The average molecular weight is 337 g/mol. The predicted molar refractivity (Wildman–Crippen MR) is 103 cm³/mol. The van der Waals surface area contributed by atoms with E-state index in [0.717, 1.165) is 41.3 Å². The monoisotopic (exact) mass is 336 g/mol. The number of halogens is 1. The highest BCUT2D eigenvalue weighted by atomic mass is 35.5. The number of hydrogen-bond donors (Lipinski definition) is 0. The average Bonchev–Trinajstić information content (AvgIpc) is 2.64. The van der Waals surface area contributed by atoms with Crippen molar-refractivity contribution in [1.29, 1.82) is 0 Å². The lowest BCUT2D eigenvalue weighted by Gasteiger charge is -2.15. The van der Waals surface area contributed by atoms with E-state index in [4.69, 9.17) is 16.3 Å². The summed E-state index contributed by atoms with van der Waals surface area (Å²) in [4.78, 5) is 0. The zero-order valence-electron chi connectivity index (χ0n) is 13.8. The summed E-state index contributed by atoms with van der Waals surface area (Å²) in [5.41, 5.74) is 4.55. The first kappa shape index (κ1) is 16.6. The second kappa shape index (κ2) is 8.03. The van der Waals surface area contributed by atoms with Gasteiger partial charge in [-0.2, -0.15) is 0 Å². The fraction of sp³-hybridized carbons (Fsp3) is 0.182. The molecule has 122 valence electrons. The first-order valence-electron chi connectivity index (χ1n) is 8.36. The number of ether oxygens (including phenoxy) is 1. The van der Waals surface area contributed by atoms with Crippen molar-refractivity contribution in [3.63, 3.8) is 0 Å². The molecule has 2 heteroatoms. The van der Waals surface area contributed by atoms with Crippen LogP contribution in [0.5, 0.6) is 5.75 Å². The lowest BCUT2D eigenvalue weighted by atomic mass is 9.94. The third-order valence-corrected chi connectivity index (χ3v) is 4.23. The van der Waals surface area contributed by atoms with E-state index in [9.17, 15) is 0 Å². The molecule has 0 saturated heterocycles. The normalized spacial score (nSPS) is 10.6. The molecule has 0 radical (unpaired) electrons. The van der Waals surface area contributed by atoms with Crippen molar-refractivity contribution < 1.29 is 4.74 Å². The predicted octanol–water partition coefficient (Wildman–Crippen LogP) is 6.85. The Morgan fingerprint density at radius 2 is 1.50 bits per heavy atom. The van der Waals surface area contributed by atoms with Gasteiger partial charge in [0.05, 0.1) is 6.61 Å². The summed E-state index contributed by atoms with van der Waals surface area (Å²) in [6.07, 6.45) is 2.16. The highest BCUT2D eigenvalue weighted by molar-refractivity contribution is 6.31. The zero-order chi connectivity index (χ0) is 16.8. The summed E-state index contributed by atoms with van der Waals surface area (Å²) in [5.74, 6) is 0.885. The quantitative estimate of drug-likeness (QED) is 0.447. The molecule has 0 spiro atoms. The van der Waals surface area contributed by atoms with Gasteiger partial charge in [-0.15, -0.1) is 0 Å². The molecule has 0 amide bonds. The molecule has 1 nitrogen and oxygen atoms in total. The fourth-order valence-electron chi connectivity index (χ4n) is 2.75. The topological polar surface area (TPSA) is 9.23 Å². The van der Waals surface area contributed by atoms with Gasteiger partial charge in [-0.3, -0.25) is 0 Å². The van der Waals surface area contributed by atoms with Gasteiger partial charge in [-0.25, -0.2) is 0 Å². The lowest BCUT2D eigenvalue weighted by molar-refractivity contribution is 0.310. The van der Waals surface area contributed by atoms with E-state index in [1.807, 2.05) is 24.3 Å². The number of unbranched alkanes of at least 4 members (excludes halogenated alkanes) is 1. The van der Waals surface area contributed by atoms with Crippen molar-refractivity contribution in [2.24, 2.45) is 0 Å². The van der Waals surface area contributed by atoms with E-state index in [0.29, 0.717) is 0 Å². The van der Waals surface area contributed by atoms with E-state index in [2.05, 4.69) is 55.5 Å². The smallest absolute Gasteiger partial charge is 0.127 e. The van der Waals surface area contributed by atoms with Crippen LogP contribution >= 0.6 is 11.6 Å². The Kier molecular flexibility index (Phi) is 5.55. The Bertz CT molecular complexity index is 796. The summed E-state index contributed by atoms with van der Waals surface area (Å²) >= 11 is 6.27. The molecule has 0 unspecified atom stereocenters. The van der Waals surface area contributed by atoms with Gasteiger partial charge >= 0.3 is 0 Å². The van der Waals surface area contributed by atoms with E-state index < -0.39 is 0 Å². The van der Waals surface area contributed by atoms with Crippen molar-refractivity contribution >= 4 is 11.6 Å². The molecular weight excluding hydrogens is 316 g/mol. The van der Waals surface area contributed by atoms with Gasteiger partial charge in [0.2, 0.25) is 0 Å². The SMILES string of the molecule is CCCCOc1ccc(Cl)cc1-c1ccccc1-c1ccccc1. The van der Waals surface area contributed by atoms with Crippen molar-refractivity contribution in [3.05, 3.63) is 77.8 Å². The van der Waals surface area contributed by atoms with Crippen LogP contribution in [-0.2, 0) is 0 Å². The summed E-state index contributed by atoms with van der Waals surface area (Å²) in [6, 6.07) is 24.6. The highest BCUT2D eigenvalue weighted by Crippen LogP contribution is 2.38. The van der Waals surface area contributed by atoms with Crippen LogP contribution in [0, 0.1) is 0 Å². The maximum atomic E-state index is 6.27. The summed E-state index contributed by atoms with van der Waals surface area (Å²) < 4.78 is 6.02. The van der Waals surface area contributed by atoms with Crippen molar-refractivity contribution in [2.75, 3.05) is 6.61 Å². The molecule has 3 rings (SSSR count). The molecule has 0 aliphatic heterocycles. The van der Waals surface area contributed by atoms with E-state index in [1.54, 1.807) is 0 Å².